The van der Waals surface area contributed by atoms with Crippen molar-refractivity contribution in [1.82, 2.24) is 15.2 Å². The Bertz CT molecular complexity index is 659. The first-order chi connectivity index (χ1) is 9.33. The molecule has 0 radical (unpaired) electrons. The SMILES string of the molecule is Cc1ccc(-c2cnc(-c3ccccc3)nn2)cc1. The Labute approximate surface area is 112 Å². The molecular formula is C16H13N3. The zero-order chi connectivity index (χ0) is 13.1. The summed E-state index contributed by atoms with van der Waals surface area (Å²) in [6.07, 6.45) is 1.76. The Kier molecular flexibility index (Phi) is 3.02. The van der Waals surface area contributed by atoms with Gasteiger partial charge in [0.05, 0.1) is 6.20 Å². The summed E-state index contributed by atoms with van der Waals surface area (Å²) in [4.78, 5) is 4.37. The van der Waals surface area contributed by atoms with Gasteiger partial charge in [-0.05, 0) is 6.92 Å². The number of rotatable bonds is 2. The van der Waals surface area contributed by atoms with Gasteiger partial charge in [-0.3, -0.25) is 0 Å². The molecule has 19 heavy (non-hydrogen) atoms. The molecule has 0 amide bonds. The minimum absolute atomic E-state index is 0.650. The topological polar surface area (TPSA) is 38.7 Å². The first-order valence-corrected chi connectivity index (χ1v) is 6.15. The second-order valence-electron chi connectivity index (χ2n) is 4.40. The lowest BCUT2D eigenvalue weighted by Gasteiger charge is -2.02. The monoisotopic (exact) mass is 247 g/mol. The van der Waals surface area contributed by atoms with Crippen molar-refractivity contribution in [2.75, 3.05) is 0 Å². The van der Waals surface area contributed by atoms with Gasteiger partial charge in [-0.25, -0.2) is 4.98 Å². The number of nitrogens with zero attached hydrogens (tertiary/aromatic N) is 3. The Hall–Kier alpha value is -2.55. The number of hydrogen-bond donors (Lipinski definition) is 0. The fourth-order valence-electron chi connectivity index (χ4n) is 1.85. The van der Waals surface area contributed by atoms with Gasteiger partial charge >= 0.3 is 0 Å². The van der Waals surface area contributed by atoms with Crippen molar-refractivity contribution < 1.29 is 0 Å². The summed E-state index contributed by atoms with van der Waals surface area (Å²) < 4.78 is 0. The average molecular weight is 247 g/mol. The number of aryl methyl sites for hydroxylation is 1. The van der Waals surface area contributed by atoms with E-state index in [0.717, 1.165) is 16.8 Å². The predicted octanol–water partition coefficient (Wildman–Crippen LogP) is 3.51. The lowest BCUT2D eigenvalue weighted by Crippen LogP contribution is -1.94. The van der Waals surface area contributed by atoms with Crippen LogP contribution in [0.2, 0.25) is 0 Å². The van der Waals surface area contributed by atoms with E-state index in [9.17, 15) is 0 Å². The number of benzene rings is 2. The molecule has 0 aliphatic heterocycles. The van der Waals surface area contributed by atoms with E-state index in [-0.39, 0.29) is 0 Å². The molecule has 2 aromatic carbocycles. The third-order valence-electron chi connectivity index (χ3n) is 2.94. The molecule has 0 N–H and O–H groups in total. The maximum absolute atomic E-state index is 4.37. The standard InChI is InChI=1S/C16H13N3/c1-12-7-9-13(10-8-12)15-11-17-16(19-18-15)14-5-3-2-4-6-14/h2-11H,1H3. The van der Waals surface area contributed by atoms with Gasteiger partial charge in [0.1, 0.15) is 5.69 Å². The molecule has 0 saturated heterocycles. The molecule has 0 aliphatic rings. The van der Waals surface area contributed by atoms with Crippen molar-refractivity contribution in [1.29, 1.82) is 0 Å². The van der Waals surface area contributed by atoms with Crippen LogP contribution < -0.4 is 0 Å². The lowest BCUT2D eigenvalue weighted by molar-refractivity contribution is 0.987. The van der Waals surface area contributed by atoms with Gasteiger partial charge in [0.2, 0.25) is 0 Å². The van der Waals surface area contributed by atoms with Crippen molar-refractivity contribution in [3.63, 3.8) is 0 Å². The summed E-state index contributed by atoms with van der Waals surface area (Å²) in [6.45, 7) is 2.06. The molecule has 3 rings (SSSR count). The Morgan fingerprint density at radius 2 is 1.47 bits per heavy atom. The molecule has 0 unspecified atom stereocenters. The van der Waals surface area contributed by atoms with Gasteiger partial charge in [-0.15, -0.1) is 10.2 Å². The van der Waals surface area contributed by atoms with Gasteiger partial charge in [0.25, 0.3) is 0 Å². The normalized spacial score (nSPS) is 10.4. The van der Waals surface area contributed by atoms with Crippen molar-refractivity contribution >= 4 is 0 Å². The largest absolute Gasteiger partial charge is 0.233 e. The van der Waals surface area contributed by atoms with Crippen LogP contribution in [0.15, 0.2) is 60.8 Å². The summed E-state index contributed by atoms with van der Waals surface area (Å²) in [5.74, 6) is 0.650. The summed E-state index contributed by atoms with van der Waals surface area (Å²) >= 11 is 0. The van der Waals surface area contributed by atoms with E-state index in [4.69, 9.17) is 0 Å². The van der Waals surface area contributed by atoms with E-state index < -0.39 is 0 Å². The highest BCUT2D eigenvalue weighted by Crippen LogP contribution is 2.18. The molecule has 92 valence electrons. The first kappa shape index (κ1) is 11.5. The van der Waals surface area contributed by atoms with Crippen LogP contribution in [0.4, 0.5) is 0 Å². The van der Waals surface area contributed by atoms with Crippen LogP contribution in [-0.4, -0.2) is 15.2 Å². The lowest BCUT2D eigenvalue weighted by atomic mass is 10.1. The third-order valence-corrected chi connectivity index (χ3v) is 2.94. The van der Waals surface area contributed by atoms with Crippen molar-refractivity contribution in [3.05, 3.63) is 66.4 Å². The predicted molar refractivity (Wildman–Crippen MR) is 75.4 cm³/mol. The summed E-state index contributed by atoms with van der Waals surface area (Å²) in [6, 6.07) is 18.0. The van der Waals surface area contributed by atoms with Crippen molar-refractivity contribution in [3.8, 4) is 22.6 Å². The van der Waals surface area contributed by atoms with Gasteiger partial charge in [-0.1, -0.05) is 60.2 Å². The molecule has 0 fully saturated rings. The highest BCUT2D eigenvalue weighted by atomic mass is 15.2. The van der Waals surface area contributed by atoms with Crippen LogP contribution in [0.3, 0.4) is 0 Å². The van der Waals surface area contributed by atoms with Gasteiger partial charge in [0, 0.05) is 11.1 Å². The Morgan fingerprint density at radius 3 is 2.11 bits per heavy atom. The van der Waals surface area contributed by atoms with Crippen LogP contribution in [0.25, 0.3) is 22.6 Å². The Balaban J connectivity index is 1.93. The van der Waals surface area contributed by atoms with Gasteiger partial charge in [0.15, 0.2) is 5.82 Å². The maximum Gasteiger partial charge on any atom is 0.181 e. The van der Waals surface area contributed by atoms with E-state index in [2.05, 4.69) is 34.2 Å². The van der Waals surface area contributed by atoms with E-state index in [0.29, 0.717) is 5.82 Å². The number of hydrogen-bond acceptors (Lipinski definition) is 3. The van der Waals surface area contributed by atoms with Crippen LogP contribution in [0.1, 0.15) is 5.56 Å². The van der Waals surface area contributed by atoms with E-state index in [1.165, 1.54) is 5.56 Å². The molecule has 0 aliphatic carbocycles. The third kappa shape index (κ3) is 2.50. The smallest absolute Gasteiger partial charge is 0.181 e. The highest BCUT2D eigenvalue weighted by Gasteiger charge is 2.03. The molecule has 3 nitrogen and oxygen atoms in total. The fourth-order valence-corrected chi connectivity index (χ4v) is 1.85. The average Bonchev–Trinajstić information content (AvgIpc) is 2.49. The second kappa shape index (κ2) is 4.98. The molecule has 0 atom stereocenters. The Morgan fingerprint density at radius 1 is 0.737 bits per heavy atom. The zero-order valence-electron chi connectivity index (χ0n) is 10.6. The molecular weight excluding hydrogens is 234 g/mol. The van der Waals surface area contributed by atoms with Gasteiger partial charge < -0.3 is 0 Å². The van der Waals surface area contributed by atoms with E-state index >= 15 is 0 Å². The highest BCUT2D eigenvalue weighted by molar-refractivity contribution is 5.60. The quantitative estimate of drug-likeness (QED) is 0.695. The molecule has 1 heterocycles. The van der Waals surface area contributed by atoms with Crippen molar-refractivity contribution in [2.45, 2.75) is 6.92 Å². The maximum atomic E-state index is 4.37. The first-order valence-electron chi connectivity index (χ1n) is 6.15. The molecule has 1 aromatic heterocycles. The zero-order valence-corrected chi connectivity index (χ0v) is 10.6. The molecule has 3 heteroatoms. The van der Waals surface area contributed by atoms with Gasteiger partial charge in [-0.2, -0.15) is 0 Å². The molecule has 0 spiro atoms. The molecule has 3 aromatic rings. The minimum atomic E-state index is 0.650. The summed E-state index contributed by atoms with van der Waals surface area (Å²) in [7, 11) is 0. The number of aromatic nitrogens is 3. The van der Waals surface area contributed by atoms with Crippen LogP contribution in [0, 0.1) is 6.92 Å². The van der Waals surface area contributed by atoms with Crippen LogP contribution in [0.5, 0.6) is 0 Å². The van der Waals surface area contributed by atoms with Crippen LogP contribution in [-0.2, 0) is 0 Å². The summed E-state index contributed by atoms with van der Waals surface area (Å²) in [5.41, 5.74) is 4.03. The van der Waals surface area contributed by atoms with E-state index in [1.54, 1.807) is 6.20 Å². The molecule has 0 bridgehead atoms. The fraction of sp³-hybridized carbons (Fsp3) is 0.0625. The van der Waals surface area contributed by atoms with Crippen molar-refractivity contribution in [2.24, 2.45) is 0 Å². The molecule has 0 saturated carbocycles. The van der Waals surface area contributed by atoms with Crippen LogP contribution >= 0.6 is 0 Å². The second-order valence-corrected chi connectivity index (χ2v) is 4.40. The summed E-state index contributed by atoms with van der Waals surface area (Å²) in [5, 5.41) is 8.43. The van der Waals surface area contributed by atoms with E-state index in [1.807, 2.05) is 42.5 Å². The minimum Gasteiger partial charge on any atom is -0.233 e.